The van der Waals surface area contributed by atoms with Crippen molar-refractivity contribution in [3.05, 3.63) is 36.7 Å². The first-order valence-corrected chi connectivity index (χ1v) is 5.03. The minimum atomic E-state index is 0.695. The lowest BCUT2D eigenvalue weighted by atomic mass is 10.1. The summed E-state index contributed by atoms with van der Waals surface area (Å²) < 4.78 is 0. The van der Waals surface area contributed by atoms with Gasteiger partial charge in [-0.25, -0.2) is 0 Å². The van der Waals surface area contributed by atoms with Crippen LogP contribution in [0, 0.1) is 0 Å². The van der Waals surface area contributed by atoms with Gasteiger partial charge in [-0.2, -0.15) is 0 Å². The molecule has 0 bridgehead atoms. The summed E-state index contributed by atoms with van der Waals surface area (Å²) in [5, 5.41) is 6.00. The van der Waals surface area contributed by atoms with Crippen molar-refractivity contribution in [2.24, 2.45) is 0 Å². The second kappa shape index (κ2) is 2.98. The highest BCUT2D eigenvalue weighted by Crippen LogP contribution is 2.29. The number of nitrogens with zero attached hydrogens (tertiary/aromatic N) is 1. The normalized spacial score (nSPS) is 15.7. The van der Waals surface area contributed by atoms with E-state index in [2.05, 4.69) is 28.5 Å². The molecule has 0 radical (unpaired) electrons. The molecule has 0 aliphatic heterocycles. The van der Waals surface area contributed by atoms with Crippen LogP contribution < -0.4 is 5.32 Å². The molecular weight excluding hydrogens is 172 g/mol. The molecule has 0 amide bonds. The van der Waals surface area contributed by atoms with Crippen LogP contribution in [-0.2, 0) is 0 Å². The molecular formula is C12H12N2. The Hall–Kier alpha value is -1.57. The molecule has 0 unspecified atom stereocenters. The average molecular weight is 184 g/mol. The van der Waals surface area contributed by atoms with Crippen LogP contribution in [0.3, 0.4) is 0 Å². The lowest BCUT2D eigenvalue weighted by Gasteiger charge is -2.07. The van der Waals surface area contributed by atoms with Crippen LogP contribution in [0.25, 0.3) is 10.8 Å². The summed E-state index contributed by atoms with van der Waals surface area (Å²) >= 11 is 0. The van der Waals surface area contributed by atoms with Crippen molar-refractivity contribution in [2.45, 2.75) is 18.9 Å². The molecule has 1 N–H and O–H groups in total. The highest BCUT2D eigenvalue weighted by atomic mass is 15.0. The number of anilines is 1. The van der Waals surface area contributed by atoms with Gasteiger partial charge in [0.25, 0.3) is 0 Å². The predicted octanol–water partition coefficient (Wildman–Crippen LogP) is 2.81. The molecule has 0 spiro atoms. The lowest BCUT2D eigenvalue weighted by molar-refractivity contribution is 1.16. The van der Waals surface area contributed by atoms with Gasteiger partial charge in [0.2, 0.25) is 0 Å². The molecule has 2 heteroatoms. The van der Waals surface area contributed by atoms with E-state index >= 15 is 0 Å². The fourth-order valence-electron chi connectivity index (χ4n) is 1.69. The Balaban J connectivity index is 2.11. The Morgan fingerprint density at radius 1 is 1.21 bits per heavy atom. The van der Waals surface area contributed by atoms with Crippen molar-refractivity contribution >= 4 is 16.5 Å². The number of hydrogen-bond acceptors (Lipinski definition) is 2. The first-order chi connectivity index (χ1) is 6.93. The maximum absolute atomic E-state index is 4.16. The number of fused-ring (bicyclic) bond motifs is 1. The fourth-order valence-corrected chi connectivity index (χ4v) is 1.69. The van der Waals surface area contributed by atoms with Gasteiger partial charge in [0.1, 0.15) is 0 Å². The second-order valence-electron chi connectivity index (χ2n) is 3.82. The Bertz CT molecular complexity index is 455. The van der Waals surface area contributed by atoms with Crippen molar-refractivity contribution in [3.63, 3.8) is 0 Å². The zero-order chi connectivity index (χ0) is 9.38. The van der Waals surface area contributed by atoms with Gasteiger partial charge >= 0.3 is 0 Å². The summed E-state index contributed by atoms with van der Waals surface area (Å²) in [6.45, 7) is 0. The fraction of sp³-hybridized carbons (Fsp3) is 0.250. The summed E-state index contributed by atoms with van der Waals surface area (Å²) in [6.07, 6.45) is 6.37. The van der Waals surface area contributed by atoms with Gasteiger partial charge in [-0.3, -0.25) is 4.98 Å². The Labute approximate surface area is 83.0 Å². The first kappa shape index (κ1) is 7.80. The van der Waals surface area contributed by atoms with Crippen LogP contribution in [0.1, 0.15) is 12.8 Å². The van der Waals surface area contributed by atoms with E-state index in [1.54, 1.807) is 0 Å². The standard InChI is InChI=1S/C12H12N2/c1-2-9-6-7-13-8-11(9)12(3-1)14-10-4-5-10/h1-3,6-8,10,14H,4-5H2. The summed E-state index contributed by atoms with van der Waals surface area (Å²) in [7, 11) is 0. The van der Waals surface area contributed by atoms with E-state index in [1.165, 1.54) is 29.3 Å². The third-order valence-electron chi connectivity index (χ3n) is 2.62. The van der Waals surface area contributed by atoms with Crippen molar-refractivity contribution in [2.75, 3.05) is 5.32 Å². The largest absolute Gasteiger partial charge is 0.382 e. The van der Waals surface area contributed by atoms with E-state index in [4.69, 9.17) is 0 Å². The second-order valence-corrected chi connectivity index (χ2v) is 3.82. The summed E-state index contributed by atoms with van der Waals surface area (Å²) in [5.74, 6) is 0. The van der Waals surface area contributed by atoms with Gasteiger partial charge in [-0.1, -0.05) is 12.1 Å². The van der Waals surface area contributed by atoms with Gasteiger partial charge in [0, 0.05) is 29.5 Å². The maximum atomic E-state index is 4.16. The molecule has 2 nitrogen and oxygen atoms in total. The minimum absolute atomic E-state index is 0.695. The van der Waals surface area contributed by atoms with Crippen LogP contribution >= 0.6 is 0 Å². The third kappa shape index (κ3) is 1.33. The zero-order valence-electron chi connectivity index (χ0n) is 7.90. The molecule has 1 aromatic carbocycles. The number of nitrogens with one attached hydrogen (secondary N) is 1. The Morgan fingerprint density at radius 3 is 3.00 bits per heavy atom. The first-order valence-electron chi connectivity index (χ1n) is 5.03. The zero-order valence-corrected chi connectivity index (χ0v) is 7.90. The highest BCUT2D eigenvalue weighted by Gasteiger charge is 2.21. The van der Waals surface area contributed by atoms with Gasteiger partial charge in [0.05, 0.1) is 0 Å². The van der Waals surface area contributed by atoms with Crippen LogP contribution in [0.15, 0.2) is 36.7 Å². The van der Waals surface area contributed by atoms with E-state index in [-0.39, 0.29) is 0 Å². The number of rotatable bonds is 2. The van der Waals surface area contributed by atoms with Crippen LogP contribution in [0.2, 0.25) is 0 Å². The lowest BCUT2D eigenvalue weighted by Crippen LogP contribution is -2.00. The van der Waals surface area contributed by atoms with E-state index in [0.29, 0.717) is 6.04 Å². The molecule has 1 fully saturated rings. The summed E-state index contributed by atoms with van der Waals surface area (Å²) in [6, 6.07) is 9.08. The van der Waals surface area contributed by atoms with Crippen LogP contribution in [0.5, 0.6) is 0 Å². The van der Waals surface area contributed by atoms with Crippen molar-refractivity contribution < 1.29 is 0 Å². The highest BCUT2D eigenvalue weighted by molar-refractivity contribution is 5.93. The molecule has 1 aliphatic rings. The summed E-state index contributed by atoms with van der Waals surface area (Å²) in [4.78, 5) is 4.16. The molecule has 1 aliphatic carbocycles. The predicted molar refractivity (Wildman–Crippen MR) is 58.4 cm³/mol. The number of hydrogen-bond donors (Lipinski definition) is 1. The Morgan fingerprint density at radius 2 is 2.14 bits per heavy atom. The van der Waals surface area contributed by atoms with Crippen molar-refractivity contribution in [3.8, 4) is 0 Å². The molecule has 2 aromatic rings. The molecule has 0 atom stereocenters. The molecule has 3 rings (SSSR count). The maximum Gasteiger partial charge on any atom is 0.0437 e. The molecule has 14 heavy (non-hydrogen) atoms. The molecule has 0 saturated heterocycles. The van der Waals surface area contributed by atoms with Gasteiger partial charge in [-0.05, 0) is 30.4 Å². The van der Waals surface area contributed by atoms with Gasteiger partial charge < -0.3 is 5.32 Å². The van der Waals surface area contributed by atoms with Crippen LogP contribution in [0.4, 0.5) is 5.69 Å². The summed E-state index contributed by atoms with van der Waals surface area (Å²) in [5.41, 5.74) is 1.22. The molecule has 70 valence electrons. The quantitative estimate of drug-likeness (QED) is 0.776. The molecule has 1 saturated carbocycles. The van der Waals surface area contributed by atoms with E-state index in [1.807, 2.05) is 18.5 Å². The van der Waals surface area contributed by atoms with E-state index < -0.39 is 0 Å². The van der Waals surface area contributed by atoms with Crippen molar-refractivity contribution in [1.82, 2.24) is 4.98 Å². The smallest absolute Gasteiger partial charge is 0.0437 e. The number of benzene rings is 1. The SMILES string of the molecule is c1cc(NC2CC2)c2cnccc2c1. The van der Waals surface area contributed by atoms with Gasteiger partial charge in [0.15, 0.2) is 0 Å². The monoisotopic (exact) mass is 184 g/mol. The van der Waals surface area contributed by atoms with E-state index in [0.717, 1.165) is 0 Å². The van der Waals surface area contributed by atoms with Crippen LogP contribution in [-0.4, -0.2) is 11.0 Å². The molecule has 1 aromatic heterocycles. The van der Waals surface area contributed by atoms with Gasteiger partial charge in [-0.15, -0.1) is 0 Å². The molecule has 1 heterocycles. The number of aromatic nitrogens is 1. The van der Waals surface area contributed by atoms with Crippen molar-refractivity contribution in [1.29, 1.82) is 0 Å². The third-order valence-corrected chi connectivity index (χ3v) is 2.62. The minimum Gasteiger partial charge on any atom is -0.382 e. The number of pyridine rings is 1. The topological polar surface area (TPSA) is 24.9 Å². The van der Waals surface area contributed by atoms with E-state index in [9.17, 15) is 0 Å². The Kier molecular flexibility index (Phi) is 1.66. The average Bonchev–Trinajstić information content (AvgIpc) is 3.03.